The van der Waals surface area contributed by atoms with Gasteiger partial charge in [-0.25, -0.2) is 0 Å². The van der Waals surface area contributed by atoms with Crippen molar-refractivity contribution in [3.8, 4) is 22.9 Å². The molecule has 0 radical (unpaired) electrons. The van der Waals surface area contributed by atoms with Crippen molar-refractivity contribution in [1.29, 1.82) is 5.26 Å². The van der Waals surface area contributed by atoms with Crippen molar-refractivity contribution in [2.75, 3.05) is 14.2 Å². The van der Waals surface area contributed by atoms with Gasteiger partial charge in [0.2, 0.25) is 0 Å². The monoisotopic (exact) mass is 345 g/mol. The average molecular weight is 345 g/mol. The maximum Gasteiger partial charge on any atom is 0.305 e. The van der Waals surface area contributed by atoms with Crippen molar-refractivity contribution in [3.05, 3.63) is 65.7 Å². The lowest BCUT2D eigenvalue weighted by atomic mass is 9.88. The Kier molecular flexibility index (Phi) is 5.19. The average Bonchev–Trinajstić information content (AvgIpc) is 2.70. The molecule has 0 atom stereocenters. The summed E-state index contributed by atoms with van der Waals surface area (Å²) in [6.07, 6.45) is 0.670. The minimum absolute atomic E-state index is 0.227. The molecule has 0 saturated heterocycles. The zero-order chi connectivity index (χ0) is 18.5. The van der Waals surface area contributed by atoms with Crippen molar-refractivity contribution >= 4 is 16.7 Å². The number of rotatable bonds is 5. The number of carbonyl (C=O) groups is 1. The largest absolute Gasteiger partial charge is 0.496 e. The quantitative estimate of drug-likeness (QED) is 0.639. The Morgan fingerprint density at radius 3 is 2.50 bits per heavy atom. The van der Waals surface area contributed by atoms with Gasteiger partial charge in [-0.1, -0.05) is 42.5 Å². The fourth-order valence-corrected chi connectivity index (χ4v) is 3.22. The zero-order valence-electron chi connectivity index (χ0n) is 14.8. The standard InChI is InChI=1S/C22H19NO3/c1-25-21-10-6-5-9-18(21)19-13-15-7-3-4-8-16(15)17(20(19)14-23)11-12-22(24)26-2/h3-10,13H,11-12H2,1-2H3. The number of hydrogen-bond donors (Lipinski definition) is 0. The molecule has 0 saturated carbocycles. The number of nitrogens with zero attached hydrogens (tertiary/aromatic N) is 1. The maximum atomic E-state index is 11.7. The molecule has 3 aromatic rings. The molecule has 0 unspecified atom stereocenters. The molecule has 0 aromatic heterocycles. The molecule has 0 aliphatic carbocycles. The lowest BCUT2D eigenvalue weighted by Crippen LogP contribution is -2.04. The fraction of sp³-hybridized carbons (Fsp3) is 0.182. The summed E-state index contributed by atoms with van der Waals surface area (Å²) in [7, 11) is 2.99. The van der Waals surface area contributed by atoms with Crippen LogP contribution in [0.3, 0.4) is 0 Å². The maximum absolute atomic E-state index is 11.7. The van der Waals surface area contributed by atoms with E-state index < -0.39 is 0 Å². The van der Waals surface area contributed by atoms with Gasteiger partial charge in [-0.3, -0.25) is 4.79 Å². The minimum atomic E-state index is -0.291. The molecular formula is C22H19NO3. The van der Waals surface area contributed by atoms with Gasteiger partial charge in [0.15, 0.2) is 0 Å². The number of nitriles is 1. The number of para-hydroxylation sites is 1. The predicted molar refractivity (Wildman–Crippen MR) is 101 cm³/mol. The molecule has 0 aliphatic heterocycles. The van der Waals surface area contributed by atoms with Gasteiger partial charge in [0.05, 0.1) is 19.8 Å². The summed E-state index contributed by atoms with van der Waals surface area (Å²) in [6, 6.07) is 19.9. The molecule has 3 rings (SSSR count). The van der Waals surface area contributed by atoms with Crippen LogP contribution >= 0.6 is 0 Å². The van der Waals surface area contributed by atoms with Crippen LogP contribution in [-0.2, 0) is 16.0 Å². The van der Waals surface area contributed by atoms with E-state index in [1.165, 1.54) is 7.11 Å². The molecule has 3 aromatic carbocycles. The summed E-state index contributed by atoms with van der Waals surface area (Å²) in [5.41, 5.74) is 3.09. The van der Waals surface area contributed by atoms with Crippen molar-refractivity contribution in [2.24, 2.45) is 0 Å². The van der Waals surface area contributed by atoms with Crippen LogP contribution < -0.4 is 4.74 Å². The first-order valence-corrected chi connectivity index (χ1v) is 8.34. The summed E-state index contributed by atoms with van der Waals surface area (Å²) >= 11 is 0. The molecule has 130 valence electrons. The Bertz CT molecular complexity index is 1000. The fourth-order valence-electron chi connectivity index (χ4n) is 3.22. The second-order valence-corrected chi connectivity index (χ2v) is 5.89. The normalized spacial score (nSPS) is 10.3. The van der Waals surface area contributed by atoms with E-state index in [9.17, 15) is 10.1 Å². The first-order chi connectivity index (χ1) is 12.7. The Balaban J connectivity index is 2.27. The molecule has 0 spiro atoms. The van der Waals surface area contributed by atoms with Crippen LogP contribution in [0.1, 0.15) is 17.5 Å². The summed E-state index contributed by atoms with van der Waals surface area (Å²) in [5, 5.41) is 11.9. The van der Waals surface area contributed by atoms with E-state index in [2.05, 4.69) is 6.07 Å². The van der Waals surface area contributed by atoms with E-state index in [4.69, 9.17) is 9.47 Å². The smallest absolute Gasteiger partial charge is 0.305 e. The molecule has 0 amide bonds. The number of aryl methyl sites for hydroxylation is 1. The highest BCUT2D eigenvalue weighted by atomic mass is 16.5. The molecule has 0 bridgehead atoms. The molecule has 26 heavy (non-hydrogen) atoms. The van der Waals surface area contributed by atoms with Crippen LogP contribution in [0.25, 0.3) is 21.9 Å². The Morgan fingerprint density at radius 1 is 1.04 bits per heavy atom. The zero-order valence-corrected chi connectivity index (χ0v) is 14.8. The molecule has 0 heterocycles. The first-order valence-electron chi connectivity index (χ1n) is 8.34. The van der Waals surface area contributed by atoms with Gasteiger partial charge in [-0.15, -0.1) is 0 Å². The number of benzene rings is 3. The number of carbonyl (C=O) groups excluding carboxylic acids is 1. The highest BCUT2D eigenvalue weighted by Gasteiger charge is 2.18. The SMILES string of the molecule is COC(=O)CCc1c(C#N)c(-c2ccccc2OC)cc2ccccc12. The summed E-state index contributed by atoms with van der Waals surface area (Å²) < 4.78 is 10.3. The third-order valence-corrected chi connectivity index (χ3v) is 4.47. The van der Waals surface area contributed by atoms with Gasteiger partial charge in [0, 0.05) is 17.5 Å². The van der Waals surface area contributed by atoms with E-state index >= 15 is 0 Å². The Hall–Kier alpha value is -3.32. The molecule has 4 heteroatoms. The summed E-state index contributed by atoms with van der Waals surface area (Å²) in [5.74, 6) is 0.416. The molecule has 0 N–H and O–H groups in total. The number of fused-ring (bicyclic) bond motifs is 1. The van der Waals surface area contributed by atoms with Crippen LogP contribution in [0.5, 0.6) is 5.75 Å². The topological polar surface area (TPSA) is 59.3 Å². The Labute approximate surface area is 152 Å². The summed E-state index contributed by atoms with van der Waals surface area (Å²) in [4.78, 5) is 11.7. The van der Waals surface area contributed by atoms with Crippen LogP contribution in [0.15, 0.2) is 54.6 Å². The van der Waals surface area contributed by atoms with Gasteiger partial charge >= 0.3 is 5.97 Å². The lowest BCUT2D eigenvalue weighted by molar-refractivity contribution is -0.140. The van der Waals surface area contributed by atoms with Crippen molar-refractivity contribution < 1.29 is 14.3 Å². The molecular weight excluding hydrogens is 326 g/mol. The van der Waals surface area contributed by atoms with Gasteiger partial charge in [-0.2, -0.15) is 5.26 Å². The van der Waals surface area contributed by atoms with Gasteiger partial charge in [0.1, 0.15) is 11.8 Å². The third kappa shape index (κ3) is 3.25. The number of hydrogen-bond acceptors (Lipinski definition) is 4. The highest BCUT2D eigenvalue weighted by Crippen LogP contribution is 2.37. The third-order valence-electron chi connectivity index (χ3n) is 4.47. The Morgan fingerprint density at radius 2 is 1.77 bits per heavy atom. The van der Waals surface area contributed by atoms with Crippen LogP contribution in [0, 0.1) is 11.3 Å². The number of esters is 1. The van der Waals surface area contributed by atoms with E-state index in [-0.39, 0.29) is 12.4 Å². The molecule has 4 nitrogen and oxygen atoms in total. The number of ether oxygens (including phenoxy) is 2. The van der Waals surface area contributed by atoms with Gasteiger partial charge in [0.25, 0.3) is 0 Å². The van der Waals surface area contributed by atoms with Crippen LogP contribution in [0.4, 0.5) is 0 Å². The predicted octanol–water partition coefficient (Wildman–Crippen LogP) is 4.49. The molecule has 0 aliphatic rings. The summed E-state index contributed by atoms with van der Waals surface area (Å²) in [6.45, 7) is 0. The minimum Gasteiger partial charge on any atom is -0.496 e. The van der Waals surface area contributed by atoms with Crippen molar-refractivity contribution in [1.82, 2.24) is 0 Å². The van der Waals surface area contributed by atoms with E-state index in [1.807, 2.05) is 54.6 Å². The van der Waals surface area contributed by atoms with E-state index in [0.717, 1.165) is 27.5 Å². The number of methoxy groups -OCH3 is 2. The lowest BCUT2D eigenvalue weighted by Gasteiger charge is -2.15. The van der Waals surface area contributed by atoms with Crippen molar-refractivity contribution in [3.63, 3.8) is 0 Å². The van der Waals surface area contributed by atoms with Crippen molar-refractivity contribution in [2.45, 2.75) is 12.8 Å². The first kappa shape index (κ1) is 17.5. The van der Waals surface area contributed by atoms with E-state index in [0.29, 0.717) is 17.7 Å². The molecule has 0 fully saturated rings. The van der Waals surface area contributed by atoms with Crippen LogP contribution in [-0.4, -0.2) is 20.2 Å². The second-order valence-electron chi connectivity index (χ2n) is 5.89. The van der Waals surface area contributed by atoms with E-state index in [1.54, 1.807) is 7.11 Å². The second kappa shape index (κ2) is 7.71. The van der Waals surface area contributed by atoms with Crippen LogP contribution in [0.2, 0.25) is 0 Å². The highest BCUT2D eigenvalue weighted by molar-refractivity contribution is 5.95. The van der Waals surface area contributed by atoms with Gasteiger partial charge < -0.3 is 9.47 Å². The van der Waals surface area contributed by atoms with Gasteiger partial charge in [-0.05, 0) is 34.9 Å².